The molecular weight excluding hydrogens is 268 g/mol. The van der Waals surface area contributed by atoms with Gasteiger partial charge in [0.15, 0.2) is 0 Å². The van der Waals surface area contributed by atoms with Gasteiger partial charge in [0, 0.05) is 23.3 Å². The molecule has 0 aliphatic heterocycles. The second-order valence-electron chi connectivity index (χ2n) is 7.36. The van der Waals surface area contributed by atoms with E-state index in [1.807, 2.05) is 11.8 Å². The van der Waals surface area contributed by atoms with E-state index in [0.717, 1.165) is 19.4 Å². The van der Waals surface area contributed by atoms with Crippen molar-refractivity contribution in [3.05, 3.63) is 0 Å². The fourth-order valence-corrected chi connectivity index (χ4v) is 4.63. The van der Waals surface area contributed by atoms with Crippen molar-refractivity contribution in [2.75, 3.05) is 12.8 Å². The van der Waals surface area contributed by atoms with E-state index in [1.54, 1.807) is 0 Å². The van der Waals surface area contributed by atoms with Crippen LogP contribution in [0, 0.1) is 17.3 Å². The normalized spacial score (nSPS) is 35.1. The van der Waals surface area contributed by atoms with Crippen LogP contribution in [0.25, 0.3) is 0 Å². The van der Waals surface area contributed by atoms with Crippen LogP contribution in [0.1, 0.15) is 52.9 Å². The van der Waals surface area contributed by atoms with E-state index < -0.39 is 0 Å². The zero-order valence-electron chi connectivity index (χ0n) is 13.4. The quantitative estimate of drug-likeness (QED) is 0.839. The van der Waals surface area contributed by atoms with E-state index in [4.69, 9.17) is 5.73 Å². The number of thioether (sulfide) groups is 1. The first-order chi connectivity index (χ1) is 9.32. The molecule has 0 heterocycles. The molecule has 0 aromatic carbocycles. The van der Waals surface area contributed by atoms with Crippen LogP contribution in [-0.4, -0.2) is 29.5 Å². The Hall–Kier alpha value is -0.220. The molecule has 0 aromatic rings. The first kappa shape index (κ1) is 16.2. The highest BCUT2D eigenvalue weighted by atomic mass is 32.2. The van der Waals surface area contributed by atoms with E-state index in [-0.39, 0.29) is 23.3 Å². The monoisotopic (exact) mass is 298 g/mol. The van der Waals surface area contributed by atoms with Crippen LogP contribution in [0.5, 0.6) is 0 Å². The maximum Gasteiger partial charge on any atom is 0.223 e. The van der Waals surface area contributed by atoms with Gasteiger partial charge in [-0.1, -0.05) is 27.2 Å². The van der Waals surface area contributed by atoms with Crippen molar-refractivity contribution in [2.45, 2.75) is 63.7 Å². The smallest absolute Gasteiger partial charge is 0.223 e. The third-order valence-corrected chi connectivity index (χ3v) is 7.52. The number of hydrogen-bond acceptors (Lipinski definition) is 3. The van der Waals surface area contributed by atoms with Crippen molar-refractivity contribution in [2.24, 2.45) is 23.0 Å². The van der Waals surface area contributed by atoms with E-state index in [9.17, 15) is 4.79 Å². The fourth-order valence-electron chi connectivity index (χ4n) is 3.71. The Balaban J connectivity index is 1.95. The Morgan fingerprint density at radius 1 is 1.35 bits per heavy atom. The molecule has 20 heavy (non-hydrogen) atoms. The number of nitrogens with two attached hydrogens (primary N) is 1. The van der Waals surface area contributed by atoms with Crippen molar-refractivity contribution < 1.29 is 4.79 Å². The number of nitrogens with one attached hydrogen (secondary N) is 1. The van der Waals surface area contributed by atoms with Gasteiger partial charge in [0.1, 0.15) is 0 Å². The Labute approximate surface area is 127 Å². The summed E-state index contributed by atoms with van der Waals surface area (Å²) in [6, 6.07) is 0.234. The summed E-state index contributed by atoms with van der Waals surface area (Å²) in [5, 5.41) is 3.24. The van der Waals surface area contributed by atoms with Crippen molar-refractivity contribution in [3.63, 3.8) is 0 Å². The van der Waals surface area contributed by atoms with Gasteiger partial charge >= 0.3 is 0 Å². The highest BCUT2D eigenvalue weighted by Gasteiger charge is 2.45. The van der Waals surface area contributed by atoms with Gasteiger partial charge in [0.25, 0.3) is 0 Å². The predicted molar refractivity (Wildman–Crippen MR) is 86.8 cm³/mol. The maximum atomic E-state index is 12.6. The highest BCUT2D eigenvalue weighted by molar-refractivity contribution is 8.00. The SMILES string of the molecule is CSC1(CNC(=O)C2CCC(N)C(C)C2(C)C)CCC1. The summed E-state index contributed by atoms with van der Waals surface area (Å²) >= 11 is 1.91. The fraction of sp³-hybridized carbons (Fsp3) is 0.938. The second kappa shape index (κ2) is 5.88. The third kappa shape index (κ3) is 2.87. The van der Waals surface area contributed by atoms with Crippen LogP contribution >= 0.6 is 11.8 Å². The lowest BCUT2D eigenvalue weighted by atomic mass is 9.61. The standard InChI is InChI=1S/C16H30N2OS/c1-11-13(17)7-6-12(15(11,2)3)14(19)18-10-16(20-4)8-5-9-16/h11-13H,5-10,17H2,1-4H3,(H,18,19). The van der Waals surface area contributed by atoms with E-state index in [2.05, 4.69) is 32.3 Å². The van der Waals surface area contributed by atoms with Gasteiger partial charge in [0.05, 0.1) is 0 Å². The maximum absolute atomic E-state index is 12.6. The Morgan fingerprint density at radius 3 is 2.50 bits per heavy atom. The summed E-state index contributed by atoms with van der Waals surface area (Å²) < 4.78 is 0.316. The molecule has 0 radical (unpaired) electrons. The molecule has 116 valence electrons. The lowest BCUT2D eigenvalue weighted by Crippen LogP contribution is -2.53. The Bertz CT molecular complexity index is 360. The molecule has 3 atom stereocenters. The molecule has 2 rings (SSSR count). The minimum absolute atomic E-state index is 0.00607. The molecular formula is C16H30N2OS. The molecule has 2 aliphatic carbocycles. The third-order valence-electron chi connectivity index (χ3n) is 6.10. The zero-order valence-corrected chi connectivity index (χ0v) is 14.2. The van der Waals surface area contributed by atoms with Gasteiger partial charge < -0.3 is 11.1 Å². The largest absolute Gasteiger partial charge is 0.354 e. The van der Waals surface area contributed by atoms with E-state index >= 15 is 0 Å². The second-order valence-corrected chi connectivity index (χ2v) is 8.64. The highest BCUT2D eigenvalue weighted by Crippen LogP contribution is 2.45. The predicted octanol–water partition coefficient (Wildman–Crippen LogP) is 2.79. The molecule has 2 aliphatic rings. The Morgan fingerprint density at radius 2 is 2.00 bits per heavy atom. The Kier molecular flexibility index (Phi) is 4.75. The van der Waals surface area contributed by atoms with Crippen molar-refractivity contribution >= 4 is 17.7 Å². The first-order valence-corrected chi connectivity index (χ1v) is 9.13. The van der Waals surface area contributed by atoms with Gasteiger partial charge in [-0.25, -0.2) is 0 Å². The zero-order chi connectivity index (χ0) is 15.0. The van der Waals surface area contributed by atoms with Crippen LogP contribution < -0.4 is 11.1 Å². The first-order valence-electron chi connectivity index (χ1n) is 7.91. The number of rotatable bonds is 4. The average molecular weight is 298 g/mol. The molecule has 0 bridgehead atoms. The van der Waals surface area contributed by atoms with Crippen LogP contribution in [0.4, 0.5) is 0 Å². The molecule has 0 saturated heterocycles. The molecule has 0 spiro atoms. The van der Waals surface area contributed by atoms with E-state index in [1.165, 1.54) is 19.3 Å². The molecule has 2 fully saturated rings. The summed E-state index contributed by atoms with van der Waals surface area (Å²) in [5.74, 6) is 0.746. The molecule has 4 heteroatoms. The van der Waals surface area contributed by atoms with Crippen LogP contribution in [0.2, 0.25) is 0 Å². The summed E-state index contributed by atoms with van der Waals surface area (Å²) in [6.45, 7) is 7.43. The minimum atomic E-state index is -0.00607. The topological polar surface area (TPSA) is 55.1 Å². The summed E-state index contributed by atoms with van der Waals surface area (Å²) in [4.78, 5) is 12.6. The van der Waals surface area contributed by atoms with E-state index in [0.29, 0.717) is 10.7 Å². The summed E-state index contributed by atoms with van der Waals surface area (Å²) in [7, 11) is 0. The summed E-state index contributed by atoms with van der Waals surface area (Å²) in [5.41, 5.74) is 6.17. The van der Waals surface area contributed by atoms with Gasteiger partial charge in [0.2, 0.25) is 5.91 Å². The summed E-state index contributed by atoms with van der Waals surface area (Å²) in [6.07, 6.45) is 7.84. The minimum Gasteiger partial charge on any atom is -0.354 e. The number of hydrogen-bond donors (Lipinski definition) is 2. The van der Waals surface area contributed by atoms with Crippen molar-refractivity contribution in [1.29, 1.82) is 0 Å². The molecule has 3 nitrogen and oxygen atoms in total. The molecule has 3 unspecified atom stereocenters. The van der Waals surface area contributed by atoms with Crippen LogP contribution in [0.3, 0.4) is 0 Å². The van der Waals surface area contributed by atoms with Gasteiger partial charge in [-0.15, -0.1) is 0 Å². The van der Waals surface area contributed by atoms with Crippen molar-refractivity contribution in [1.82, 2.24) is 5.32 Å². The average Bonchev–Trinajstić information content (AvgIpc) is 2.35. The molecule has 0 aromatic heterocycles. The van der Waals surface area contributed by atoms with Gasteiger partial charge in [-0.05, 0) is 43.3 Å². The molecule has 1 amide bonds. The van der Waals surface area contributed by atoms with Gasteiger partial charge in [-0.3, -0.25) is 4.79 Å². The number of amides is 1. The molecule has 2 saturated carbocycles. The lowest BCUT2D eigenvalue weighted by molar-refractivity contribution is -0.132. The molecule has 3 N–H and O–H groups in total. The lowest BCUT2D eigenvalue weighted by Gasteiger charge is -2.47. The van der Waals surface area contributed by atoms with Crippen LogP contribution in [0.15, 0.2) is 0 Å². The van der Waals surface area contributed by atoms with Crippen molar-refractivity contribution in [3.8, 4) is 0 Å². The van der Waals surface area contributed by atoms with Gasteiger partial charge in [-0.2, -0.15) is 11.8 Å². The van der Waals surface area contributed by atoms with Crippen LogP contribution in [-0.2, 0) is 4.79 Å². The number of carbonyl (C=O) groups excluding carboxylic acids is 1. The number of carbonyl (C=O) groups is 1.